The third kappa shape index (κ3) is 3.15. The molecule has 0 bridgehead atoms. The quantitative estimate of drug-likeness (QED) is 0.731. The molecule has 20 heavy (non-hydrogen) atoms. The van der Waals surface area contributed by atoms with Crippen LogP contribution in [0.15, 0.2) is 0 Å². The van der Waals surface area contributed by atoms with Gasteiger partial charge in [0.05, 0.1) is 18.1 Å². The van der Waals surface area contributed by atoms with Crippen molar-refractivity contribution in [2.24, 2.45) is 5.73 Å². The van der Waals surface area contributed by atoms with Crippen molar-refractivity contribution in [1.82, 2.24) is 4.90 Å². The molecule has 2 rings (SSSR count). The van der Waals surface area contributed by atoms with E-state index in [2.05, 4.69) is 4.90 Å². The summed E-state index contributed by atoms with van der Waals surface area (Å²) < 4.78 is 28.1. The highest BCUT2D eigenvalue weighted by atomic mass is 32.2. The summed E-state index contributed by atoms with van der Waals surface area (Å²) in [5.41, 5.74) is 5.24. The summed E-state index contributed by atoms with van der Waals surface area (Å²) in [5, 5.41) is 0. The minimum atomic E-state index is -2.89. The van der Waals surface area contributed by atoms with E-state index < -0.39 is 15.4 Å². The molecule has 1 aliphatic carbocycles. The molecule has 116 valence electrons. The van der Waals surface area contributed by atoms with Crippen LogP contribution in [0.4, 0.5) is 0 Å². The van der Waals surface area contributed by atoms with Crippen LogP contribution in [0.5, 0.6) is 0 Å². The highest BCUT2D eigenvalue weighted by Gasteiger charge is 2.46. The monoisotopic (exact) mass is 304 g/mol. The lowest BCUT2D eigenvalue weighted by Gasteiger charge is -2.30. The van der Waals surface area contributed by atoms with Gasteiger partial charge in [0.15, 0.2) is 9.84 Å². The van der Waals surface area contributed by atoms with Crippen LogP contribution < -0.4 is 5.73 Å². The predicted molar refractivity (Wildman–Crippen MR) is 76.0 cm³/mol. The first-order valence-electron chi connectivity index (χ1n) is 7.16. The maximum absolute atomic E-state index is 11.9. The summed E-state index contributed by atoms with van der Waals surface area (Å²) in [6, 6.07) is 0.206. The fraction of sp³-hybridized carbons (Fsp3) is 0.923. The van der Waals surface area contributed by atoms with Crippen molar-refractivity contribution in [3.8, 4) is 0 Å². The Morgan fingerprint density at radius 1 is 1.40 bits per heavy atom. The van der Waals surface area contributed by atoms with Crippen molar-refractivity contribution >= 4 is 15.8 Å². The lowest BCUT2D eigenvalue weighted by Crippen LogP contribution is -2.49. The number of esters is 1. The van der Waals surface area contributed by atoms with E-state index in [1.807, 2.05) is 7.05 Å². The largest absolute Gasteiger partial charge is 0.465 e. The summed E-state index contributed by atoms with van der Waals surface area (Å²) in [5.74, 6) is 0.145. The van der Waals surface area contributed by atoms with Gasteiger partial charge in [-0.15, -0.1) is 0 Å². The van der Waals surface area contributed by atoms with Gasteiger partial charge in [0, 0.05) is 12.1 Å². The first-order chi connectivity index (χ1) is 9.27. The SMILES string of the molecule is CCOC(=O)C1(N)CCC(N(C)C2CCS(=O)(=O)C2)C1. The average Bonchev–Trinajstić information content (AvgIpc) is 2.93. The number of hydrogen-bond acceptors (Lipinski definition) is 6. The molecule has 7 heteroatoms. The van der Waals surface area contributed by atoms with Gasteiger partial charge in [0.2, 0.25) is 0 Å². The number of nitrogens with two attached hydrogens (primary N) is 1. The number of carbonyl (C=O) groups is 1. The van der Waals surface area contributed by atoms with Crippen LogP contribution in [0.2, 0.25) is 0 Å². The second-order valence-corrected chi connectivity index (χ2v) is 8.22. The number of sulfone groups is 1. The van der Waals surface area contributed by atoms with Crippen LogP contribution in [0.25, 0.3) is 0 Å². The molecule has 3 unspecified atom stereocenters. The van der Waals surface area contributed by atoms with E-state index >= 15 is 0 Å². The molecule has 0 aromatic rings. The first-order valence-corrected chi connectivity index (χ1v) is 8.98. The van der Waals surface area contributed by atoms with Crippen molar-refractivity contribution in [2.75, 3.05) is 25.2 Å². The Labute approximate surface area is 120 Å². The topological polar surface area (TPSA) is 89.7 Å². The van der Waals surface area contributed by atoms with Gasteiger partial charge < -0.3 is 10.5 Å². The number of nitrogens with zero attached hydrogens (tertiary/aromatic N) is 1. The third-order valence-electron chi connectivity index (χ3n) is 4.57. The molecular weight excluding hydrogens is 280 g/mol. The molecule has 2 fully saturated rings. The Bertz CT molecular complexity index is 479. The zero-order valence-electron chi connectivity index (χ0n) is 12.2. The van der Waals surface area contributed by atoms with Gasteiger partial charge >= 0.3 is 5.97 Å². The number of rotatable bonds is 4. The van der Waals surface area contributed by atoms with Crippen LogP contribution in [-0.4, -0.2) is 62.1 Å². The maximum Gasteiger partial charge on any atom is 0.326 e. The van der Waals surface area contributed by atoms with E-state index in [-0.39, 0.29) is 29.6 Å². The van der Waals surface area contributed by atoms with Gasteiger partial charge in [0.25, 0.3) is 0 Å². The van der Waals surface area contributed by atoms with E-state index in [1.54, 1.807) is 6.92 Å². The minimum absolute atomic E-state index is 0.0505. The smallest absolute Gasteiger partial charge is 0.326 e. The van der Waals surface area contributed by atoms with E-state index in [0.717, 1.165) is 6.42 Å². The average molecular weight is 304 g/mol. The zero-order valence-corrected chi connectivity index (χ0v) is 13.0. The molecular formula is C13H24N2O4S. The Morgan fingerprint density at radius 3 is 2.65 bits per heavy atom. The van der Waals surface area contributed by atoms with Crippen LogP contribution in [0.3, 0.4) is 0 Å². The van der Waals surface area contributed by atoms with Crippen LogP contribution in [-0.2, 0) is 19.4 Å². The molecule has 0 amide bonds. The minimum Gasteiger partial charge on any atom is -0.465 e. The molecule has 0 radical (unpaired) electrons. The van der Waals surface area contributed by atoms with Gasteiger partial charge in [-0.25, -0.2) is 8.42 Å². The van der Waals surface area contributed by atoms with Gasteiger partial charge in [-0.3, -0.25) is 9.69 Å². The van der Waals surface area contributed by atoms with Crippen LogP contribution in [0, 0.1) is 0 Å². The Hall–Kier alpha value is -0.660. The van der Waals surface area contributed by atoms with Gasteiger partial charge in [-0.05, 0) is 39.7 Å². The molecule has 1 saturated heterocycles. The third-order valence-corrected chi connectivity index (χ3v) is 6.32. The maximum atomic E-state index is 11.9. The van der Waals surface area contributed by atoms with Crippen molar-refractivity contribution in [2.45, 2.75) is 50.2 Å². The molecule has 0 aromatic carbocycles. The van der Waals surface area contributed by atoms with Crippen LogP contribution >= 0.6 is 0 Å². The molecule has 6 nitrogen and oxygen atoms in total. The Morgan fingerprint density at radius 2 is 2.10 bits per heavy atom. The molecule has 2 aliphatic rings. The van der Waals surface area contributed by atoms with Crippen molar-refractivity contribution in [3.63, 3.8) is 0 Å². The van der Waals surface area contributed by atoms with E-state index in [9.17, 15) is 13.2 Å². The highest BCUT2D eigenvalue weighted by molar-refractivity contribution is 7.91. The van der Waals surface area contributed by atoms with E-state index in [4.69, 9.17) is 10.5 Å². The van der Waals surface area contributed by atoms with Crippen molar-refractivity contribution < 1.29 is 17.9 Å². The number of hydrogen-bond donors (Lipinski definition) is 1. The second kappa shape index (κ2) is 5.61. The van der Waals surface area contributed by atoms with Crippen LogP contribution in [0.1, 0.15) is 32.6 Å². The molecule has 1 aliphatic heterocycles. The van der Waals surface area contributed by atoms with Gasteiger partial charge in [-0.2, -0.15) is 0 Å². The normalized spacial score (nSPS) is 36.4. The summed E-state index contributed by atoms with van der Waals surface area (Å²) in [6.45, 7) is 2.10. The number of carbonyl (C=O) groups excluding carboxylic acids is 1. The molecule has 2 N–H and O–H groups in total. The second-order valence-electron chi connectivity index (χ2n) is 6.00. The molecule has 3 atom stereocenters. The van der Waals surface area contributed by atoms with E-state index in [0.29, 0.717) is 25.9 Å². The summed E-state index contributed by atoms with van der Waals surface area (Å²) in [7, 11) is -0.951. The molecule has 0 aromatic heterocycles. The van der Waals surface area contributed by atoms with Crippen molar-refractivity contribution in [1.29, 1.82) is 0 Å². The fourth-order valence-electron chi connectivity index (χ4n) is 3.25. The first kappa shape index (κ1) is 15.7. The lowest BCUT2D eigenvalue weighted by atomic mass is 9.99. The standard InChI is InChI=1S/C13H24N2O4S/c1-3-19-12(16)13(14)6-4-10(8-13)15(2)11-5-7-20(17,18)9-11/h10-11H,3-9,14H2,1-2H3. The fourth-order valence-corrected chi connectivity index (χ4v) is 5.04. The summed E-state index contributed by atoms with van der Waals surface area (Å²) in [6.07, 6.45) is 2.62. The van der Waals surface area contributed by atoms with Crippen molar-refractivity contribution in [3.05, 3.63) is 0 Å². The van der Waals surface area contributed by atoms with Gasteiger partial charge in [-0.1, -0.05) is 0 Å². The predicted octanol–water partition coefficient (Wildman–Crippen LogP) is -0.0816. The Kier molecular flexibility index (Phi) is 4.41. The molecule has 1 saturated carbocycles. The highest BCUT2D eigenvalue weighted by Crippen LogP contribution is 2.34. The lowest BCUT2D eigenvalue weighted by molar-refractivity contribution is -0.149. The molecule has 1 heterocycles. The zero-order chi connectivity index (χ0) is 15.0. The van der Waals surface area contributed by atoms with E-state index in [1.165, 1.54) is 0 Å². The number of ether oxygens (including phenoxy) is 1. The van der Waals surface area contributed by atoms with Gasteiger partial charge in [0.1, 0.15) is 5.54 Å². The summed E-state index contributed by atoms with van der Waals surface area (Å²) in [4.78, 5) is 14.0. The summed E-state index contributed by atoms with van der Waals surface area (Å²) >= 11 is 0. The Balaban J connectivity index is 1.97. The molecule has 0 spiro atoms.